The fraction of sp³-hybridized carbons (Fsp3) is 0.150. The Balaban J connectivity index is 1.60. The first-order valence-electron chi connectivity index (χ1n) is 8.48. The van der Waals surface area contributed by atoms with Crippen LogP contribution in [0.5, 0.6) is 0 Å². The number of fused-ring (bicyclic) bond motifs is 2. The van der Waals surface area contributed by atoms with Crippen molar-refractivity contribution in [2.24, 2.45) is 0 Å². The lowest BCUT2D eigenvalue weighted by molar-refractivity contribution is -0.125. The molecule has 0 saturated carbocycles. The van der Waals surface area contributed by atoms with Crippen molar-refractivity contribution in [2.75, 3.05) is 0 Å². The number of amides is 2. The van der Waals surface area contributed by atoms with Crippen LogP contribution in [0, 0.1) is 0 Å². The lowest BCUT2D eigenvalue weighted by Crippen LogP contribution is -2.47. The fourth-order valence-electron chi connectivity index (χ4n) is 3.35. The molecule has 2 atom stereocenters. The first kappa shape index (κ1) is 17.3. The van der Waals surface area contributed by atoms with Crippen LogP contribution in [0.3, 0.4) is 0 Å². The van der Waals surface area contributed by atoms with Crippen molar-refractivity contribution in [3.8, 4) is 0 Å². The zero-order valence-corrected chi connectivity index (χ0v) is 14.9. The van der Waals surface area contributed by atoms with Gasteiger partial charge in [0, 0.05) is 22.3 Å². The number of aldehydes is 1. The molecule has 1 aliphatic heterocycles. The SMILES string of the molecule is O=C[C@H]1NC(=O)[C@H](NC(=O)c2cc3cc(Cl)ccc3[nH]2)Cc2ccccc21. The highest BCUT2D eigenvalue weighted by Crippen LogP contribution is 2.23. The molecule has 136 valence electrons. The maximum Gasteiger partial charge on any atom is 0.268 e. The summed E-state index contributed by atoms with van der Waals surface area (Å²) in [5.41, 5.74) is 2.71. The largest absolute Gasteiger partial charge is 0.351 e. The number of carbonyl (C=O) groups excluding carboxylic acids is 3. The number of benzene rings is 2. The number of hydrogen-bond donors (Lipinski definition) is 3. The smallest absolute Gasteiger partial charge is 0.268 e. The fourth-order valence-corrected chi connectivity index (χ4v) is 3.53. The van der Waals surface area contributed by atoms with E-state index in [-0.39, 0.29) is 0 Å². The summed E-state index contributed by atoms with van der Waals surface area (Å²) in [4.78, 5) is 39.6. The maximum absolute atomic E-state index is 12.7. The number of rotatable bonds is 3. The molecular weight excluding hydrogens is 366 g/mol. The molecular formula is C20H16ClN3O3. The lowest BCUT2D eigenvalue weighted by Gasteiger charge is -2.15. The summed E-state index contributed by atoms with van der Waals surface area (Å²) in [7, 11) is 0. The summed E-state index contributed by atoms with van der Waals surface area (Å²) >= 11 is 5.98. The number of carbonyl (C=O) groups is 3. The summed E-state index contributed by atoms with van der Waals surface area (Å²) in [6.07, 6.45) is 1.01. The summed E-state index contributed by atoms with van der Waals surface area (Å²) in [6.45, 7) is 0. The molecule has 1 aromatic heterocycles. The Morgan fingerprint density at radius 2 is 2.00 bits per heavy atom. The van der Waals surface area contributed by atoms with Gasteiger partial charge in [-0.15, -0.1) is 0 Å². The molecule has 3 N–H and O–H groups in total. The maximum atomic E-state index is 12.7. The van der Waals surface area contributed by atoms with Crippen LogP contribution in [-0.2, 0) is 16.0 Å². The minimum absolute atomic E-state index is 0.310. The molecule has 3 aromatic rings. The van der Waals surface area contributed by atoms with E-state index < -0.39 is 23.9 Å². The third kappa shape index (κ3) is 3.31. The van der Waals surface area contributed by atoms with Crippen LogP contribution in [-0.4, -0.2) is 29.1 Å². The molecule has 2 heterocycles. The molecule has 0 fully saturated rings. The van der Waals surface area contributed by atoms with E-state index in [0.717, 1.165) is 22.0 Å². The highest BCUT2D eigenvalue weighted by molar-refractivity contribution is 6.31. The van der Waals surface area contributed by atoms with Gasteiger partial charge >= 0.3 is 0 Å². The van der Waals surface area contributed by atoms with Crippen molar-refractivity contribution < 1.29 is 14.4 Å². The van der Waals surface area contributed by atoms with E-state index in [1.54, 1.807) is 30.3 Å². The normalized spacial score (nSPS) is 19.1. The van der Waals surface area contributed by atoms with Crippen molar-refractivity contribution in [3.63, 3.8) is 0 Å². The minimum atomic E-state index is -0.779. The molecule has 0 aliphatic carbocycles. The predicted molar refractivity (Wildman–Crippen MR) is 102 cm³/mol. The molecule has 0 spiro atoms. The molecule has 0 saturated heterocycles. The quantitative estimate of drug-likeness (QED) is 0.609. The van der Waals surface area contributed by atoms with Gasteiger partial charge < -0.3 is 20.4 Å². The summed E-state index contributed by atoms with van der Waals surface area (Å²) in [5.74, 6) is -0.791. The van der Waals surface area contributed by atoms with Crippen LogP contribution in [0.1, 0.15) is 27.7 Å². The Morgan fingerprint density at radius 1 is 1.19 bits per heavy atom. The number of aromatic amines is 1. The van der Waals surface area contributed by atoms with Crippen molar-refractivity contribution in [1.82, 2.24) is 15.6 Å². The second-order valence-electron chi connectivity index (χ2n) is 6.47. The zero-order valence-electron chi connectivity index (χ0n) is 14.2. The molecule has 0 unspecified atom stereocenters. The Bertz CT molecular complexity index is 1060. The Hall–Kier alpha value is -3.12. The van der Waals surface area contributed by atoms with Gasteiger partial charge in [0.2, 0.25) is 5.91 Å². The van der Waals surface area contributed by atoms with Gasteiger partial charge in [-0.25, -0.2) is 0 Å². The van der Waals surface area contributed by atoms with Gasteiger partial charge in [-0.05, 0) is 35.4 Å². The van der Waals surface area contributed by atoms with Crippen molar-refractivity contribution in [1.29, 1.82) is 0 Å². The van der Waals surface area contributed by atoms with Crippen LogP contribution < -0.4 is 10.6 Å². The number of nitrogens with one attached hydrogen (secondary N) is 3. The van der Waals surface area contributed by atoms with Crippen molar-refractivity contribution in [3.05, 3.63) is 70.4 Å². The number of H-pyrrole nitrogens is 1. The first-order valence-corrected chi connectivity index (χ1v) is 8.85. The second-order valence-corrected chi connectivity index (χ2v) is 6.90. The molecule has 6 nitrogen and oxygen atoms in total. The number of aromatic nitrogens is 1. The average molecular weight is 382 g/mol. The highest BCUT2D eigenvalue weighted by Gasteiger charge is 2.30. The van der Waals surface area contributed by atoms with Gasteiger partial charge in [-0.1, -0.05) is 35.9 Å². The molecule has 1 aliphatic rings. The molecule has 0 radical (unpaired) electrons. The summed E-state index contributed by atoms with van der Waals surface area (Å²) in [6, 6.07) is 12.8. The molecule has 4 rings (SSSR count). The van der Waals surface area contributed by atoms with Crippen LogP contribution in [0.25, 0.3) is 10.9 Å². The predicted octanol–water partition coefficient (Wildman–Crippen LogP) is 2.53. The van der Waals surface area contributed by atoms with Gasteiger partial charge in [0.15, 0.2) is 0 Å². The van der Waals surface area contributed by atoms with Gasteiger partial charge in [-0.2, -0.15) is 0 Å². The highest BCUT2D eigenvalue weighted by atomic mass is 35.5. The summed E-state index contributed by atoms with van der Waals surface area (Å²) < 4.78 is 0. The Labute approximate surface area is 159 Å². The number of hydrogen-bond acceptors (Lipinski definition) is 3. The molecule has 2 amide bonds. The minimum Gasteiger partial charge on any atom is -0.351 e. The van der Waals surface area contributed by atoms with Crippen LogP contribution in [0.4, 0.5) is 0 Å². The molecule has 7 heteroatoms. The van der Waals surface area contributed by atoms with Gasteiger partial charge in [-0.3, -0.25) is 9.59 Å². The van der Waals surface area contributed by atoms with Gasteiger partial charge in [0.05, 0.1) is 0 Å². The van der Waals surface area contributed by atoms with Crippen LogP contribution in [0.15, 0.2) is 48.5 Å². The topological polar surface area (TPSA) is 91.1 Å². The van der Waals surface area contributed by atoms with E-state index in [2.05, 4.69) is 15.6 Å². The van der Waals surface area contributed by atoms with Gasteiger partial charge in [0.25, 0.3) is 5.91 Å². The lowest BCUT2D eigenvalue weighted by atomic mass is 9.98. The van der Waals surface area contributed by atoms with E-state index in [1.807, 2.05) is 18.2 Å². The van der Waals surface area contributed by atoms with E-state index in [4.69, 9.17) is 11.6 Å². The second kappa shape index (κ2) is 6.89. The van der Waals surface area contributed by atoms with Crippen molar-refractivity contribution in [2.45, 2.75) is 18.5 Å². The van der Waals surface area contributed by atoms with E-state index in [0.29, 0.717) is 23.4 Å². The average Bonchev–Trinajstić information content (AvgIpc) is 3.03. The van der Waals surface area contributed by atoms with E-state index >= 15 is 0 Å². The summed E-state index contributed by atoms with van der Waals surface area (Å²) in [5, 5.41) is 6.82. The Kier molecular flexibility index (Phi) is 4.41. The standard InChI is InChI=1S/C20H16ClN3O3/c21-13-5-6-15-12(7-13)9-16(22-15)19(26)23-17-8-11-3-1-2-4-14(11)18(10-25)24-20(17)27/h1-7,9-10,17-18,22H,8H2,(H,23,26)(H,24,27)/t17-,18-/m1/s1. The number of halogens is 1. The zero-order chi connectivity index (χ0) is 19.0. The van der Waals surface area contributed by atoms with Crippen molar-refractivity contribution >= 4 is 40.6 Å². The van der Waals surface area contributed by atoms with E-state index in [9.17, 15) is 14.4 Å². The molecule has 2 aromatic carbocycles. The Morgan fingerprint density at radius 3 is 2.81 bits per heavy atom. The molecule has 27 heavy (non-hydrogen) atoms. The third-order valence-electron chi connectivity index (χ3n) is 4.70. The van der Waals surface area contributed by atoms with E-state index in [1.165, 1.54) is 0 Å². The van der Waals surface area contributed by atoms with Crippen LogP contribution >= 0.6 is 11.6 Å². The first-order chi connectivity index (χ1) is 13.0. The third-order valence-corrected chi connectivity index (χ3v) is 4.93. The van der Waals surface area contributed by atoms with Gasteiger partial charge in [0.1, 0.15) is 24.1 Å². The molecule has 0 bridgehead atoms. The monoisotopic (exact) mass is 381 g/mol. The van der Waals surface area contributed by atoms with Crippen LogP contribution in [0.2, 0.25) is 5.02 Å².